The zero-order valence-electron chi connectivity index (χ0n) is 65.1. The lowest BCUT2D eigenvalue weighted by molar-refractivity contribution is -0.161. The summed E-state index contributed by atoms with van der Waals surface area (Å²) >= 11 is 0. The number of hydrogen-bond donors (Lipinski definition) is 3. The van der Waals surface area contributed by atoms with Crippen LogP contribution in [0.25, 0.3) is 0 Å². The Hall–Kier alpha value is -1.94. The second-order valence-corrected chi connectivity index (χ2v) is 33.4. The van der Waals surface area contributed by atoms with E-state index in [-0.39, 0.29) is 25.7 Å². The summed E-state index contributed by atoms with van der Waals surface area (Å²) in [6, 6.07) is 0. The summed E-state index contributed by atoms with van der Waals surface area (Å²) in [5.74, 6) is 0.929. The van der Waals surface area contributed by atoms with E-state index in [9.17, 15) is 43.2 Å². The van der Waals surface area contributed by atoms with Crippen molar-refractivity contribution in [3.8, 4) is 0 Å². The molecule has 3 N–H and O–H groups in total. The molecule has 0 saturated carbocycles. The summed E-state index contributed by atoms with van der Waals surface area (Å²) in [6.45, 7) is 14.2. The third-order valence-corrected chi connectivity index (χ3v) is 20.8. The van der Waals surface area contributed by atoms with Crippen LogP contribution in [0.2, 0.25) is 0 Å². The number of carbonyl (C=O) groups is 4. The molecule has 0 rings (SSSR count). The maximum absolute atomic E-state index is 13.1. The quantitative estimate of drug-likeness (QED) is 0.0222. The molecule has 0 aliphatic carbocycles. The van der Waals surface area contributed by atoms with E-state index in [0.717, 1.165) is 108 Å². The second kappa shape index (κ2) is 69.1. The molecule has 0 aromatic rings. The highest BCUT2D eigenvalue weighted by atomic mass is 31.2. The number of carbonyl (C=O) groups excluding carboxylic acids is 4. The zero-order valence-corrected chi connectivity index (χ0v) is 66.9. The summed E-state index contributed by atoms with van der Waals surface area (Å²) in [6.07, 6.45) is 55.9. The minimum Gasteiger partial charge on any atom is -0.462 e. The van der Waals surface area contributed by atoms with Crippen LogP contribution in [0.1, 0.15) is 409 Å². The minimum absolute atomic E-state index is 0.101. The van der Waals surface area contributed by atoms with Gasteiger partial charge in [-0.25, -0.2) is 9.13 Å². The van der Waals surface area contributed by atoms with E-state index < -0.39 is 97.5 Å². The molecule has 99 heavy (non-hydrogen) atoms. The lowest BCUT2D eigenvalue weighted by Crippen LogP contribution is -2.30. The summed E-state index contributed by atoms with van der Waals surface area (Å²) in [4.78, 5) is 72.8. The molecule has 0 heterocycles. The van der Waals surface area contributed by atoms with Gasteiger partial charge in [0.15, 0.2) is 12.2 Å². The molecule has 0 amide bonds. The Bertz CT molecular complexity index is 1940. The standard InChI is InChI=1S/C80H156O17P2/c1-9-73(8)59-51-43-34-28-24-20-16-12-10-11-13-17-22-26-30-36-46-54-62-79(84)96-75(66-90-77(82)60-52-44-35-29-25-21-18-14-15-19-23-27-32-40-48-56-70(2)3)68-94-98(86,87)92-64-74(81)65-93-99(88,89)95-69-76(97-80(85)63-55-47-39-38-42-50-58-72(6)7)67-91-78(83)61-53-45-37-31-33-41-49-57-71(4)5/h70-76,81H,9-69H2,1-8H3,(H,86,87)(H,88,89)/t73?,74?,75-,76-/m1/s1. The first-order valence-electron chi connectivity index (χ1n) is 41.2. The first kappa shape index (κ1) is 97.1. The van der Waals surface area contributed by atoms with E-state index in [1.54, 1.807) is 0 Å². The maximum atomic E-state index is 13.1. The second-order valence-electron chi connectivity index (χ2n) is 30.5. The van der Waals surface area contributed by atoms with Crippen LogP contribution in [0.3, 0.4) is 0 Å². The number of rotatable bonds is 77. The number of aliphatic hydroxyl groups is 1. The van der Waals surface area contributed by atoms with E-state index in [4.69, 9.17) is 37.0 Å². The number of ether oxygens (including phenoxy) is 4. The molecule has 0 aromatic carbocycles. The summed E-state index contributed by atoms with van der Waals surface area (Å²) in [5.41, 5.74) is 0. The molecule has 6 atom stereocenters. The van der Waals surface area contributed by atoms with Crippen molar-refractivity contribution in [3.63, 3.8) is 0 Å². The van der Waals surface area contributed by atoms with Gasteiger partial charge in [0.25, 0.3) is 0 Å². The zero-order chi connectivity index (χ0) is 73.1. The normalized spacial score (nSPS) is 14.3. The molecule has 17 nitrogen and oxygen atoms in total. The van der Waals surface area contributed by atoms with Crippen LogP contribution < -0.4 is 0 Å². The van der Waals surface area contributed by atoms with Crippen LogP contribution in [0.4, 0.5) is 0 Å². The van der Waals surface area contributed by atoms with E-state index in [1.807, 2.05) is 0 Å². The molecule has 0 aliphatic rings. The van der Waals surface area contributed by atoms with Gasteiger partial charge in [0, 0.05) is 25.7 Å². The fourth-order valence-electron chi connectivity index (χ4n) is 12.2. The molecule has 0 bridgehead atoms. The van der Waals surface area contributed by atoms with Crippen molar-refractivity contribution in [2.24, 2.45) is 23.7 Å². The Morgan fingerprint density at radius 2 is 0.485 bits per heavy atom. The Morgan fingerprint density at radius 3 is 0.717 bits per heavy atom. The Morgan fingerprint density at radius 1 is 0.283 bits per heavy atom. The topological polar surface area (TPSA) is 237 Å². The van der Waals surface area contributed by atoms with Gasteiger partial charge in [-0.15, -0.1) is 0 Å². The van der Waals surface area contributed by atoms with E-state index in [2.05, 4.69) is 55.4 Å². The van der Waals surface area contributed by atoms with E-state index >= 15 is 0 Å². The number of phosphoric ester groups is 2. The molecular weight excluding hydrogens is 1290 g/mol. The Labute approximate surface area is 607 Å². The van der Waals surface area contributed by atoms with Gasteiger partial charge in [-0.2, -0.15) is 0 Å². The van der Waals surface area contributed by atoms with Gasteiger partial charge < -0.3 is 33.8 Å². The number of unbranched alkanes of at least 4 members (excludes halogenated alkanes) is 42. The first-order valence-corrected chi connectivity index (χ1v) is 44.2. The largest absolute Gasteiger partial charge is 0.472 e. The van der Waals surface area contributed by atoms with Crippen molar-refractivity contribution >= 4 is 39.5 Å². The smallest absolute Gasteiger partial charge is 0.462 e. The van der Waals surface area contributed by atoms with E-state index in [1.165, 1.54) is 205 Å². The van der Waals surface area contributed by atoms with Crippen LogP contribution in [0.15, 0.2) is 0 Å². The molecule has 0 fully saturated rings. The van der Waals surface area contributed by atoms with Crippen molar-refractivity contribution < 1.29 is 80.2 Å². The lowest BCUT2D eigenvalue weighted by atomic mass is 9.99. The highest BCUT2D eigenvalue weighted by Gasteiger charge is 2.30. The van der Waals surface area contributed by atoms with Crippen molar-refractivity contribution in [3.05, 3.63) is 0 Å². The first-order chi connectivity index (χ1) is 47.6. The highest BCUT2D eigenvalue weighted by molar-refractivity contribution is 7.47. The molecule has 0 saturated heterocycles. The van der Waals surface area contributed by atoms with E-state index in [0.29, 0.717) is 37.5 Å². The van der Waals surface area contributed by atoms with Gasteiger partial charge in [-0.05, 0) is 49.4 Å². The Balaban J connectivity index is 5.18. The third kappa shape index (κ3) is 72.8. The van der Waals surface area contributed by atoms with Crippen molar-refractivity contribution in [2.45, 2.75) is 427 Å². The number of esters is 4. The average molecular weight is 1450 g/mol. The van der Waals surface area contributed by atoms with Gasteiger partial charge in [-0.1, -0.05) is 357 Å². The van der Waals surface area contributed by atoms with Crippen molar-refractivity contribution in [1.29, 1.82) is 0 Å². The van der Waals surface area contributed by atoms with Crippen LogP contribution in [0, 0.1) is 23.7 Å². The fourth-order valence-corrected chi connectivity index (χ4v) is 13.8. The van der Waals surface area contributed by atoms with Gasteiger partial charge in [0.1, 0.15) is 19.3 Å². The van der Waals surface area contributed by atoms with Crippen molar-refractivity contribution in [2.75, 3.05) is 39.6 Å². The Kier molecular flexibility index (Phi) is 67.8. The SMILES string of the molecule is CCC(C)CCCCCCCCCCCCCCCCCCCCC(=O)O[C@H](COC(=O)CCCCCCCCCCCCCCCCCC(C)C)COP(=O)(O)OCC(O)COP(=O)(O)OC[C@@H](COC(=O)CCCCCCCCCC(C)C)OC(=O)CCCCCCCCC(C)C. The minimum atomic E-state index is -4.96. The number of hydrogen-bond acceptors (Lipinski definition) is 15. The molecular formula is C80H156O17P2. The van der Waals surface area contributed by atoms with Crippen molar-refractivity contribution in [1.82, 2.24) is 0 Å². The molecule has 0 spiro atoms. The summed E-state index contributed by atoms with van der Waals surface area (Å²) in [5, 5.41) is 10.6. The van der Waals surface area contributed by atoms with Crippen LogP contribution in [-0.4, -0.2) is 96.7 Å². The molecule has 4 unspecified atom stereocenters. The van der Waals surface area contributed by atoms with Crippen LogP contribution >= 0.6 is 15.6 Å². The predicted molar refractivity (Wildman–Crippen MR) is 404 cm³/mol. The van der Waals surface area contributed by atoms with Crippen LogP contribution in [-0.2, 0) is 65.4 Å². The van der Waals surface area contributed by atoms with Crippen LogP contribution in [0.5, 0.6) is 0 Å². The molecule has 0 aliphatic heterocycles. The summed E-state index contributed by atoms with van der Waals surface area (Å²) < 4.78 is 68.5. The third-order valence-electron chi connectivity index (χ3n) is 18.9. The highest BCUT2D eigenvalue weighted by Crippen LogP contribution is 2.45. The molecule has 0 aromatic heterocycles. The average Bonchev–Trinajstić information content (AvgIpc) is 0.982. The molecule has 19 heteroatoms. The monoisotopic (exact) mass is 1450 g/mol. The maximum Gasteiger partial charge on any atom is 0.472 e. The lowest BCUT2D eigenvalue weighted by Gasteiger charge is -2.21. The van der Waals surface area contributed by atoms with Gasteiger partial charge in [0.2, 0.25) is 0 Å². The predicted octanol–water partition coefficient (Wildman–Crippen LogP) is 23.6. The summed E-state index contributed by atoms with van der Waals surface area (Å²) in [7, 11) is -9.92. The van der Waals surface area contributed by atoms with Gasteiger partial charge >= 0.3 is 39.5 Å². The van der Waals surface area contributed by atoms with Gasteiger partial charge in [0.05, 0.1) is 26.4 Å². The van der Waals surface area contributed by atoms with Gasteiger partial charge in [-0.3, -0.25) is 37.3 Å². The fraction of sp³-hybridized carbons (Fsp3) is 0.950. The molecule has 588 valence electrons. The molecule has 0 radical (unpaired) electrons. The number of aliphatic hydroxyl groups excluding tert-OH is 1. The number of phosphoric acid groups is 2.